The van der Waals surface area contributed by atoms with Gasteiger partial charge < -0.3 is 14.2 Å². The lowest BCUT2D eigenvalue weighted by molar-refractivity contribution is -0.386. The number of benzene rings is 1. The van der Waals surface area contributed by atoms with Gasteiger partial charge in [0.25, 0.3) is 0 Å². The number of nitrogens with zero attached hydrogens (tertiary/aromatic N) is 2. The predicted molar refractivity (Wildman–Crippen MR) is 89.0 cm³/mol. The van der Waals surface area contributed by atoms with E-state index in [9.17, 15) is 18.5 Å². The molecule has 1 aromatic rings. The molecule has 0 N–H and O–H groups in total. The lowest BCUT2D eigenvalue weighted by Crippen LogP contribution is -2.30. The molecule has 1 aromatic carbocycles. The Balaban J connectivity index is 2.23. The van der Waals surface area contributed by atoms with Gasteiger partial charge in [-0.05, 0) is 12.1 Å². The third kappa shape index (κ3) is 4.66. The van der Waals surface area contributed by atoms with E-state index in [1.807, 2.05) is 0 Å². The van der Waals surface area contributed by atoms with Crippen molar-refractivity contribution in [1.82, 2.24) is 4.31 Å². The van der Waals surface area contributed by atoms with Crippen molar-refractivity contribution in [3.63, 3.8) is 0 Å². The van der Waals surface area contributed by atoms with Gasteiger partial charge in [0, 0.05) is 25.6 Å². The van der Waals surface area contributed by atoms with Gasteiger partial charge in [-0.2, -0.15) is 4.31 Å². The molecule has 0 aliphatic carbocycles. The molecule has 0 amide bonds. The zero-order valence-corrected chi connectivity index (χ0v) is 15.0. The fourth-order valence-electron chi connectivity index (χ4n) is 2.45. The van der Waals surface area contributed by atoms with E-state index in [1.165, 1.54) is 16.4 Å². The molecule has 10 heteroatoms. The molecule has 1 heterocycles. The predicted octanol–water partition coefficient (Wildman–Crippen LogP) is 1.77. The van der Waals surface area contributed by atoms with Crippen LogP contribution < -0.4 is 4.74 Å². The van der Waals surface area contributed by atoms with Gasteiger partial charge in [0.1, 0.15) is 13.4 Å². The molecule has 1 atom stereocenters. The SMILES string of the molecule is CCN(CC)S(=O)(=O)c1ccc(OC[C@@H]2CCOCO2)c([N+](=O)[O-])c1. The first kappa shape index (κ1) is 19.6. The van der Waals surface area contributed by atoms with E-state index in [0.717, 1.165) is 6.07 Å². The van der Waals surface area contributed by atoms with Crippen molar-refractivity contribution in [3.05, 3.63) is 28.3 Å². The summed E-state index contributed by atoms with van der Waals surface area (Å²) in [6.07, 6.45) is 0.412. The van der Waals surface area contributed by atoms with Gasteiger partial charge in [0.05, 0.1) is 22.5 Å². The fourth-order valence-corrected chi connectivity index (χ4v) is 3.93. The molecule has 25 heavy (non-hydrogen) atoms. The van der Waals surface area contributed by atoms with Crippen LogP contribution in [0, 0.1) is 10.1 Å². The highest BCUT2D eigenvalue weighted by Gasteiger charge is 2.27. The summed E-state index contributed by atoms with van der Waals surface area (Å²) in [7, 11) is -3.78. The van der Waals surface area contributed by atoms with E-state index in [1.54, 1.807) is 13.8 Å². The summed E-state index contributed by atoms with van der Waals surface area (Å²) in [6, 6.07) is 3.67. The monoisotopic (exact) mass is 374 g/mol. The van der Waals surface area contributed by atoms with E-state index < -0.39 is 14.9 Å². The molecular weight excluding hydrogens is 352 g/mol. The molecule has 2 rings (SSSR count). The van der Waals surface area contributed by atoms with Crippen molar-refractivity contribution in [2.75, 3.05) is 33.1 Å². The van der Waals surface area contributed by atoms with Crippen LogP contribution in [-0.2, 0) is 19.5 Å². The van der Waals surface area contributed by atoms with Crippen LogP contribution in [-0.4, -0.2) is 56.8 Å². The normalized spacial score (nSPS) is 18.3. The van der Waals surface area contributed by atoms with Gasteiger partial charge in [-0.25, -0.2) is 8.42 Å². The van der Waals surface area contributed by atoms with Crippen LogP contribution in [0.3, 0.4) is 0 Å². The lowest BCUT2D eigenvalue weighted by Gasteiger charge is -2.23. The fraction of sp³-hybridized carbons (Fsp3) is 0.600. The van der Waals surface area contributed by atoms with Crippen LogP contribution in [0.1, 0.15) is 20.3 Å². The molecule has 1 saturated heterocycles. The molecule has 0 bridgehead atoms. The smallest absolute Gasteiger partial charge is 0.312 e. The minimum absolute atomic E-state index is 0.0126. The zero-order chi connectivity index (χ0) is 18.4. The Labute approximate surface area is 146 Å². The molecule has 1 fully saturated rings. The van der Waals surface area contributed by atoms with Crippen LogP contribution in [0.5, 0.6) is 5.75 Å². The number of sulfonamides is 1. The maximum absolute atomic E-state index is 12.5. The second-order valence-corrected chi connectivity index (χ2v) is 7.33. The highest BCUT2D eigenvalue weighted by Crippen LogP contribution is 2.31. The van der Waals surface area contributed by atoms with Crippen LogP contribution in [0.2, 0.25) is 0 Å². The topological polar surface area (TPSA) is 108 Å². The summed E-state index contributed by atoms with van der Waals surface area (Å²) < 4.78 is 42.1. The number of nitro benzene ring substituents is 1. The molecule has 140 valence electrons. The van der Waals surface area contributed by atoms with E-state index >= 15 is 0 Å². The molecule has 0 unspecified atom stereocenters. The minimum Gasteiger partial charge on any atom is -0.484 e. The van der Waals surface area contributed by atoms with Gasteiger partial charge in [-0.15, -0.1) is 0 Å². The Kier molecular flexibility index (Phi) is 6.71. The van der Waals surface area contributed by atoms with Crippen molar-refractivity contribution < 1.29 is 27.6 Å². The number of rotatable bonds is 8. The van der Waals surface area contributed by atoms with Crippen LogP contribution in [0.25, 0.3) is 0 Å². The van der Waals surface area contributed by atoms with Crippen molar-refractivity contribution in [2.45, 2.75) is 31.3 Å². The summed E-state index contributed by atoms with van der Waals surface area (Å²) >= 11 is 0. The first-order chi connectivity index (χ1) is 11.9. The number of hydrogen-bond donors (Lipinski definition) is 0. The van der Waals surface area contributed by atoms with E-state index in [2.05, 4.69) is 0 Å². The third-order valence-electron chi connectivity index (χ3n) is 3.87. The first-order valence-corrected chi connectivity index (χ1v) is 9.44. The van der Waals surface area contributed by atoms with Crippen molar-refractivity contribution in [3.8, 4) is 5.75 Å². The van der Waals surface area contributed by atoms with Gasteiger partial charge >= 0.3 is 5.69 Å². The summed E-state index contributed by atoms with van der Waals surface area (Å²) in [6.45, 7) is 4.82. The quantitative estimate of drug-likeness (QED) is 0.504. The number of hydrogen-bond acceptors (Lipinski definition) is 7. The summed E-state index contributed by atoms with van der Waals surface area (Å²) in [5, 5.41) is 11.3. The van der Waals surface area contributed by atoms with Crippen molar-refractivity contribution in [2.24, 2.45) is 0 Å². The van der Waals surface area contributed by atoms with Gasteiger partial charge in [-0.1, -0.05) is 13.8 Å². The summed E-state index contributed by atoms with van der Waals surface area (Å²) in [5.74, 6) is 0.0126. The summed E-state index contributed by atoms with van der Waals surface area (Å²) in [5.41, 5.74) is -0.389. The largest absolute Gasteiger partial charge is 0.484 e. The average Bonchev–Trinajstić information content (AvgIpc) is 2.61. The van der Waals surface area contributed by atoms with Crippen LogP contribution >= 0.6 is 0 Å². The highest BCUT2D eigenvalue weighted by atomic mass is 32.2. The minimum atomic E-state index is -3.78. The van der Waals surface area contributed by atoms with Crippen LogP contribution in [0.4, 0.5) is 5.69 Å². The van der Waals surface area contributed by atoms with Gasteiger partial charge in [0.15, 0.2) is 5.75 Å². The molecule has 0 radical (unpaired) electrons. The van der Waals surface area contributed by atoms with Crippen LogP contribution in [0.15, 0.2) is 23.1 Å². The lowest BCUT2D eigenvalue weighted by atomic mass is 10.2. The Morgan fingerprint density at radius 3 is 2.64 bits per heavy atom. The number of ether oxygens (including phenoxy) is 3. The standard InChI is InChI=1S/C15H22N2O7S/c1-3-16(4-2)25(20,21)13-5-6-15(14(9-13)17(18)19)23-10-12-7-8-22-11-24-12/h5-6,9,12H,3-4,7-8,10-11H2,1-2H3/t12-/m0/s1. The Morgan fingerprint density at radius 1 is 1.36 bits per heavy atom. The van der Waals surface area contributed by atoms with Gasteiger partial charge in [0.2, 0.25) is 10.0 Å². The zero-order valence-electron chi connectivity index (χ0n) is 14.2. The average molecular weight is 374 g/mol. The highest BCUT2D eigenvalue weighted by molar-refractivity contribution is 7.89. The van der Waals surface area contributed by atoms with Crippen molar-refractivity contribution >= 4 is 15.7 Å². The Bertz CT molecular complexity index is 698. The Hall–Kier alpha value is -1.75. The Morgan fingerprint density at radius 2 is 2.08 bits per heavy atom. The van der Waals surface area contributed by atoms with E-state index in [4.69, 9.17) is 14.2 Å². The van der Waals surface area contributed by atoms with Crippen molar-refractivity contribution in [1.29, 1.82) is 0 Å². The molecular formula is C15H22N2O7S. The molecule has 0 saturated carbocycles. The number of nitro groups is 1. The molecule has 9 nitrogen and oxygen atoms in total. The maximum atomic E-state index is 12.5. The van der Waals surface area contributed by atoms with E-state index in [-0.39, 0.29) is 48.9 Å². The van der Waals surface area contributed by atoms with Gasteiger partial charge in [-0.3, -0.25) is 10.1 Å². The first-order valence-electron chi connectivity index (χ1n) is 8.00. The molecule has 0 aromatic heterocycles. The van der Waals surface area contributed by atoms with E-state index in [0.29, 0.717) is 13.0 Å². The molecule has 0 spiro atoms. The second kappa shape index (κ2) is 8.56. The second-order valence-electron chi connectivity index (χ2n) is 5.39. The molecule has 1 aliphatic rings. The molecule has 1 aliphatic heterocycles. The maximum Gasteiger partial charge on any atom is 0.312 e. The summed E-state index contributed by atoms with van der Waals surface area (Å²) in [4.78, 5) is 10.5. The third-order valence-corrected chi connectivity index (χ3v) is 5.91.